The molecular weight excluding hydrogens is 508 g/mol. The van der Waals surface area contributed by atoms with Crippen LogP contribution >= 0.6 is 0 Å². The Balaban J connectivity index is 1.36. The first-order chi connectivity index (χ1) is 20.8. The Morgan fingerprint density at radius 2 is 0.905 bits per heavy atom. The van der Waals surface area contributed by atoms with Crippen molar-refractivity contribution in [1.82, 2.24) is 9.97 Å². The highest BCUT2D eigenvalue weighted by Crippen LogP contribution is 2.40. The molecule has 196 valence electrons. The van der Waals surface area contributed by atoms with Crippen LogP contribution in [-0.2, 0) is 0 Å². The van der Waals surface area contributed by atoms with Crippen molar-refractivity contribution >= 4 is 32.6 Å². The van der Waals surface area contributed by atoms with Gasteiger partial charge in [0.2, 0.25) is 0 Å². The summed E-state index contributed by atoms with van der Waals surface area (Å²) in [5.74, 6) is 0. The molecule has 0 fully saturated rings. The molecule has 2 heteroatoms. The lowest BCUT2D eigenvalue weighted by Crippen LogP contribution is -1.93. The van der Waals surface area contributed by atoms with Gasteiger partial charge in [-0.25, -0.2) is 4.98 Å². The fourth-order valence-corrected chi connectivity index (χ4v) is 6.08. The monoisotopic (exact) mass is 534 g/mol. The average molecular weight is 535 g/mol. The van der Waals surface area contributed by atoms with E-state index in [4.69, 9.17) is 4.98 Å². The highest BCUT2D eigenvalue weighted by atomic mass is 14.7. The molecule has 0 saturated heterocycles. The molecular formula is C40H26N2. The van der Waals surface area contributed by atoms with Gasteiger partial charge < -0.3 is 0 Å². The second kappa shape index (κ2) is 10.1. The SMILES string of the molecule is c1ccc(-c2cc(-c3ccccc3)c3cc(-c4ccc(-c5ccnc6ccccc56)cc4)c4ccccc4c3n2)cc1. The number of hydrogen-bond acceptors (Lipinski definition) is 2. The van der Waals surface area contributed by atoms with E-state index >= 15 is 0 Å². The summed E-state index contributed by atoms with van der Waals surface area (Å²) in [7, 11) is 0. The lowest BCUT2D eigenvalue weighted by molar-refractivity contribution is 1.41. The number of nitrogens with zero attached hydrogens (tertiary/aromatic N) is 2. The summed E-state index contributed by atoms with van der Waals surface area (Å²) in [6.45, 7) is 0. The van der Waals surface area contributed by atoms with Crippen molar-refractivity contribution in [3.63, 3.8) is 0 Å². The van der Waals surface area contributed by atoms with Gasteiger partial charge in [-0.2, -0.15) is 0 Å². The zero-order valence-electron chi connectivity index (χ0n) is 22.9. The molecule has 42 heavy (non-hydrogen) atoms. The first-order valence-electron chi connectivity index (χ1n) is 14.3. The minimum atomic E-state index is 0.980. The molecule has 2 nitrogen and oxygen atoms in total. The van der Waals surface area contributed by atoms with E-state index in [1.165, 1.54) is 38.8 Å². The summed E-state index contributed by atoms with van der Waals surface area (Å²) in [6, 6.07) is 53.7. The maximum Gasteiger partial charge on any atom is 0.0794 e. The summed E-state index contributed by atoms with van der Waals surface area (Å²) in [4.78, 5) is 9.82. The van der Waals surface area contributed by atoms with Crippen molar-refractivity contribution in [1.29, 1.82) is 0 Å². The van der Waals surface area contributed by atoms with Crippen LogP contribution in [-0.4, -0.2) is 9.97 Å². The van der Waals surface area contributed by atoms with E-state index in [1.807, 2.05) is 18.3 Å². The summed E-state index contributed by atoms with van der Waals surface area (Å²) in [5, 5.41) is 4.67. The molecule has 0 saturated carbocycles. The van der Waals surface area contributed by atoms with Gasteiger partial charge in [0.05, 0.1) is 16.7 Å². The molecule has 0 aliphatic rings. The van der Waals surface area contributed by atoms with E-state index in [-0.39, 0.29) is 0 Å². The van der Waals surface area contributed by atoms with E-state index in [0.717, 1.165) is 38.4 Å². The second-order valence-electron chi connectivity index (χ2n) is 10.6. The molecule has 0 spiro atoms. The van der Waals surface area contributed by atoms with Gasteiger partial charge in [-0.05, 0) is 63.0 Å². The third-order valence-electron chi connectivity index (χ3n) is 8.13. The summed E-state index contributed by atoms with van der Waals surface area (Å²) < 4.78 is 0. The van der Waals surface area contributed by atoms with E-state index in [9.17, 15) is 0 Å². The molecule has 6 aromatic carbocycles. The third-order valence-corrected chi connectivity index (χ3v) is 8.13. The van der Waals surface area contributed by atoms with Gasteiger partial charge in [0.15, 0.2) is 0 Å². The molecule has 0 N–H and O–H groups in total. The van der Waals surface area contributed by atoms with Crippen LogP contribution in [0.1, 0.15) is 0 Å². The van der Waals surface area contributed by atoms with Gasteiger partial charge in [-0.3, -0.25) is 4.98 Å². The van der Waals surface area contributed by atoms with Gasteiger partial charge in [-0.15, -0.1) is 0 Å². The predicted octanol–water partition coefficient (Wildman–Crippen LogP) is 10.6. The van der Waals surface area contributed by atoms with Crippen molar-refractivity contribution in [3.8, 4) is 44.6 Å². The van der Waals surface area contributed by atoms with Crippen LogP contribution in [0.25, 0.3) is 77.2 Å². The number of benzene rings is 6. The van der Waals surface area contributed by atoms with Gasteiger partial charge in [0, 0.05) is 27.9 Å². The van der Waals surface area contributed by atoms with Crippen LogP contribution < -0.4 is 0 Å². The molecule has 0 atom stereocenters. The molecule has 0 unspecified atom stereocenters. The Kier molecular flexibility index (Phi) is 5.82. The van der Waals surface area contributed by atoms with Gasteiger partial charge in [0.1, 0.15) is 0 Å². The zero-order chi connectivity index (χ0) is 27.9. The predicted molar refractivity (Wildman–Crippen MR) is 176 cm³/mol. The van der Waals surface area contributed by atoms with E-state index in [1.54, 1.807) is 0 Å². The Morgan fingerprint density at radius 3 is 1.64 bits per heavy atom. The van der Waals surface area contributed by atoms with Crippen LogP contribution in [0.15, 0.2) is 158 Å². The first-order valence-corrected chi connectivity index (χ1v) is 14.3. The number of rotatable bonds is 4. The van der Waals surface area contributed by atoms with Crippen LogP contribution in [0.4, 0.5) is 0 Å². The summed E-state index contributed by atoms with van der Waals surface area (Å²) in [5.41, 5.74) is 11.3. The number of pyridine rings is 2. The quantitative estimate of drug-likeness (QED) is 0.210. The topological polar surface area (TPSA) is 25.8 Å². The second-order valence-corrected chi connectivity index (χ2v) is 10.6. The zero-order valence-corrected chi connectivity index (χ0v) is 22.9. The van der Waals surface area contributed by atoms with Crippen LogP contribution in [0, 0.1) is 0 Å². The van der Waals surface area contributed by atoms with Crippen LogP contribution in [0.5, 0.6) is 0 Å². The van der Waals surface area contributed by atoms with Gasteiger partial charge in [0.25, 0.3) is 0 Å². The maximum atomic E-state index is 5.27. The third kappa shape index (κ3) is 4.13. The first kappa shape index (κ1) is 24.2. The molecule has 0 amide bonds. The molecule has 0 bridgehead atoms. The minimum absolute atomic E-state index is 0.980. The Labute approximate surface area is 244 Å². The highest BCUT2D eigenvalue weighted by molar-refractivity contribution is 6.16. The largest absolute Gasteiger partial charge is 0.256 e. The number of hydrogen-bond donors (Lipinski definition) is 0. The molecule has 2 heterocycles. The van der Waals surface area contributed by atoms with E-state index < -0.39 is 0 Å². The normalized spacial score (nSPS) is 11.3. The Bertz CT molecular complexity index is 2210. The molecule has 0 aliphatic heterocycles. The Morgan fingerprint density at radius 1 is 0.357 bits per heavy atom. The standard InChI is InChI=1S/C40H26N2/c1-3-11-27(12-4-1)36-26-39(30-13-5-2-6-14-30)42-40-34-17-8-7-15-32(34)35(25-37(36)40)29-21-19-28(20-22-29)31-23-24-41-38-18-10-9-16-33(31)38/h1-26H. The van der Waals surface area contributed by atoms with Crippen molar-refractivity contribution in [2.45, 2.75) is 0 Å². The fraction of sp³-hybridized carbons (Fsp3) is 0. The maximum absolute atomic E-state index is 5.27. The lowest BCUT2D eigenvalue weighted by Gasteiger charge is -2.16. The van der Waals surface area contributed by atoms with Crippen LogP contribution in [0.3, 0.4) is 0 Å². The van der Waals surface area contributed by atoms with Crippen molar-refractivity contribution in [2.75, 3.05) is 0 Å². The van der Waals surface area contributed by atoms with Gasteiger partial charge >= 0.3 is 0 Å². The van der Waals surface area contributed by atoms with E-state index in [0.29, 0.717) is 0 Å². The highest BCUT2D eigenvalue weighted by Gasteiger charge is 2.16. The van der Waals surface area contributed by atoms with Crippen molar-refractivity contribution in [3.05, 3.63) is 158 Å². The smallest absolute Gasteiger partial charge is 0.0794 e. The van der Waals surface area contributed by atoms with Crippen molar-refractivity contribution < 1.29 is 0 Å². The number of fused-ring (bicyclic) bond motifs is 4. The van der Waals surface area contributed by atoms with Gasteiger partial charge in [-0.1, -0.05) is 127 Å². The molecule has 8 rings (SSSR count). The minimum Gasteiger partial charge on any atom is -0.256 e. The fourth-order valence-electron chi connectivity index (χ4n) is 6.08. The summed E-state index contributed by atoms with van der Waals surface area (Å²) in [6.07, 6.45) is 1.89. The lowest BCUT2D eigenvalue weighted by atomic mass is 9.90. The van der Waals surface area contributed by atoms with Crippen molar-refractivity contribution in [2.24, 2.45) is 0 Å². The number of para-hydroxylation sites is 1. The van der Waals surface area contributed by atoms with Crippen LogP contribution in [0.2, 0.25) is 0 Å². The Hall–Kier alpha value is -5.60. The molecule has 0 aliphatic carbocycles. The molecule has 0 radical (unpaired) electrons. The number of aromatic nitrogens is 2. The average Bonchev–Trinajstić information content (AvgIpc) is 3.08. The van der Waals surface area contributed by atoms with E-state index in [2.05, 4.69) is 145 Å². The summed E-state index contributed by atoms with van der Waals surface area (Å²) >= 11 is 0. The molecule has 2 aromatic heterocycles. The molecule has 8 aromatic rings.